The van der Waals surface area contributed by atoms with Crippen LogP contribution < -0.4 is 5.32 Å². The van der Waals surface area contributed by atoms with Crippen LogP contribution in [0.5, 0.6) is 0 Å². The maximum Gasteiger partial charge on any atom is 0.326 e. The zero-order chi connectivity index (χ0) is 18.9. The molecule has 0 aliphatic rings. The third-order valence-corrected chi connectivity index (χ3v) is 4.50. The normalized spacial score (nSPS) is 11.6. The minimum Gasteiger partial charge on any atom is -0.480 e. The molecule has 2 aromatic rings. The van der Waals surface area contributed by atoms with E-state index in [4.69, 9.17) is 5.11 Å². The topological polar surface area (TPSA) is 83.5 Å². The van der Waals surface area contributed by atoms with Crippen molar-refractivity contribution in [1.82, 2.24) is 5.32 Å². The molecule has 0 aromatic heterocycles. The molecule has 2 rings (SSSR count). The van der Waals surface area contributed by atoms with E-state index < -0.39 is 12.0 Å². The Morgan fingerprint density at radius 2 is 1.62 bits per heavy atom. The number of hydrogen-bond donors (Lipinski definition) is 2. The van der Waals surface area contributed by atoms with E-state index in [1.54, 1.807) is 36.4 Å². The quantitative estimate of drug-likeness (QED) is 0.662. The Morgan fingerprint density at radius 1 is 1.00 bits per heavy atom. The van der Waals surface area contributed by atoms with Crippen LogP contribution in [0.4, 0.5) is 0 Å². The lowest BCUT2D eigenvalue weighted by Crippen LogP contribution is -2.41. The number of ketones is 1. The van der Waals surface area contributed by atoms with Crippen LogP contribution in [-0.4, -0.2) is 40.8 Å². The van der Waals surface area contributed by atoms with Gasteiger partial charge in [-0.25, -0.2) is 4.79 Å². The van der Waals surface area contributed by atoms with Crippen LogP contribution in [0, 0.1) is 0 Å². The second kappa shape index (κ2) is 9.77. The standard InChI is InChI=1S/C20H21NO4S/c1-26-12-11-17(20(24)25)21-18(22)13-14-7-9-16(10-8-14)19(23)15-5-3-2-4-6-15/h2-10,17H,11-13H2,1H3,(H,21,22)(H,24,25). The van der Waals surface area contributed by atoms with Crippen LogP contribution >= 0.6 is 11.8 Å². The third kappa shape index (κ3) is 5.74. The lowest BCUT2D eigenvalue weighted by molar-refractivity contribution is -0.141. The summed E-state index contributed by atoms with van der Waals surface area (Å²) >= 11 is 1.53. The van der Waals surface area contributed by atoms with Crippen molar-refractivity contribution in [1.29, 1.82) is 0 Å². The molecule has 0 bridgehead atoms. The summed E-state index contributed by atoms with van der Waals surface area (Å²) in [5, 5.41) is 11.7. The van der Waals surface area contributed by atoms with E-state index in [2.05, 4.69) is 5.32 Å². The number of carbonyl (C=O) groups excluding carboxylic acids is 2. The molecule has 1 amide bonds. The highest BCUT2D eigenvalue weighted by Crippen LogP contribution is 2.12. The first-order chi connectivity index (χ1) is 12.5. The van der Waals surface area contributed by atoms with Gasteiger partial charge in [0.1, 0.15) is 6.04 Å². The van der Waals surface area contributed by atoms with E-state index in [0.717, 1.165) is 5.56 Å². The van der Waals surface area contributed by atoms with Gasteiger partial charge in [0.25, 0.3) is 0 Å². The lowest BCUT2D eigenvalue weighted by atomic mass is 10.0. The number of carboxylic acid groups (broad SMARTS) is 1. The fourth-order valence-electron chi connectivity index (χ4n) is 2.45. The Bertz CT molecular complexity index is 759. The molecule has 0 saturated carbocycles. The maximum absolute atomic E-state index is 12.4. The van der Waals surface area contributed by atoms with Crippen LogP contribution in [0.25, 0.3) is 0 Å². The highest BCUT2D eigenvalue weighted by molar-refractivity contribution is 7.98. The van der Waals surface area contributed by atoms with Crippen LogP contribution in [0.3, 0.4) is 0 Å². The van der Waals surface area contributed by atoms with Gasteiger partial charge in [0.05, 0.1) is 6.42 Å². The molecule has 0 aliphatic heterocycles. The summed E-state index contributed by atoms with van der Waals surface area (Å²) in [4.78, 5) is 35.6. The highest BCUT2D eigenvalue weighted by atomic mass is 32.2. The Balaban J connectivity index is 1.97. The Kier molecular flexibility index (Phi) is 7.41. The fourth-order valence-corrected chi connectivity index (χ4v) is 2.93. The molecular formula is C20H21NO4S. The number of aliphatic carboxylic acids is 1. The molecule has 2 aromatic carbocycles. The van der Waals surface area contributed by atoms with E-state index in [9.17, 15) is 14.4 Å². The second-order valence-electron chi connectivity index (χ2n) is 5.81. The summed E-state index contributed by atoms with van der Waals surface area (Å²) in [6, 6.07) is 14.9. The number of nitrogens with one attached hydrogen (secondary N) is 1. The Hall–Kier alpha value is -2.60. The number of hydrogen-bond acceptors (Lipinski definition) is 4. The lowest BCUT2D eigenvalue weighted by Gasteiger charge is -2.14. The second-order valence-corrected chi connectivity index (χ2v) is 6.79. The molecular weight excluding hydrogens is 350 g/mol. The van der Waals surface area contributed by atoms with Gasteiger partial charge in [-0.2, -0.15) is 11.8 Å². The summed E-state index contributed by atoms with van der Waals surface area (Å²) in [6.07, 6.45) is 2.34. The number of benzene rings is 2. The predicted octanol–water partition coefficient (Wildman–Crippen LogP) is 2.78. The smallest absolute Gasteiger partial charge is 0.326 e. The molecule has 2 N–H and O–H groups in total. The predicted molar refractivity (Wildman–Crippen MR) is 103 cm³/mol. The number of carbonyl (C=O) groups is 3. The van der Waals surface area contributed by atoms with Crippen molar-refractivity contribution >= 4 is 29.4 Å². The minimum atomic E-state index is -1.03. The molecule has 0 saturated heterocycles. The molecule has 6 heteroatoms. The highest BCUT2D eigenvalue weighted by Gasteiger charge is 2.19. The number of rotatable bonds is 9. The molecule has 0 heterocycles. The van der Waals surface area contributed by atoms with E-state index in [1.165, 1.54) is 11.8 Å². The molecule has 0 fully saturated rings. The molecule has 0 radical (unpaired) electrons. The molecule has 136 valence electrons. The molecule has 5 nitrogen and oxygen atoms in total. The molecule has 1 atom stereocenters. The summed E-state index contributed by atoms with van der Waals surface area (Å²) in [6.45, 7) is 0. The number of carboxylic acids is 1. The summed E-state index contributed by atoms with van der Waals surface area (Å²) in [5.74, 6) is -0.797. The summed E-state index contributed by atoms with van der Waals surface area (Å²) in [7, 11) is 0. The zero-order valence-corrected chi connectivity index (χ0v) is 15.3. The molecule has 0 spiro atoms. The van der Waals surface area contributed by atoms with Crippen LogP contribution in [0.2, 0.25) is 0 Å². The monoisotopic (exact) mass is 371 g/mol. The minimum absolute atomic E-state index is 0.0723. The van der Waals surface area contributed by atoms with Gasteiger partial charge in [0, 0.05) is 11.1 Å². The first kappa shape index (κ1) is 19.7. The van der Waals surface area contributed by atoms with Gasteiger partial charge in [0.15, 0.2) is 5.78 Å². The zero-order valence-electron chi connectivity index (χ0n) is 14.5. The Morgan fingerprint density at radius 3 is 2.19 bits per heavy atom. The first-order valence-electron chi connectivity index (χ1n) is 8.21. The fraction of sp³-hybridized carbons (Fsp3) is 0.250. The van der Waals surface area contributed by atoms with Crippen LogP contribution in [0.1, 0.15) is 27.9 Å². The number of amides is 1. The molecule has 26 heavy (non-hydrogen) atoms. The van der Waals surface area contributed by atoms with E-state index in [0.29, 0.717) is 23.3 Å². The van der Waals surface area contributed by atoms with Gasteiger partial charge in [0.2, 0.25) is 5.91 Å². The van der Waals surface area contributed by atoms with Gasteiger partial charge >= 0.3 is 5.97 Å². The van der Waals surface area contributed by atoms with Crippen molar-refractivity contribution in [2.24, 2.45) is 0 Å². The summed E-state index contributed by atoms with van der Waals surface area (Å²) in [5.41, 5.74) is 1.88. The van der Waals surface area contributed by atoms with Gasteiger partial charge in [-0.05, 0) is 24.0 Å². The average molecular weight is 371 g/mol. The first-order valence-corrected chi connectivity index (χ1v) is 9.60. The number of thioether (sulfide) groups is 1. The van der Waals surface area contributed by atoms with Crippen LogP contribution in [-0.2, 0) is 16.0 Å². The van der Waals surface area contributed by atoms with Gasteiger partial charge in [-0.15, -0.1) is 0 Å². The van der Waals surface area contributed by atoms with E-state index in [-0.39, 0.29) is 18.1 Å². The van der Waals surface area contributed by atoms with E-state index >= 15 is 0 Å². The average Bonchev–Trinajstić information content (AvgIpc) is 2.65. The van der Waals surface area contributed by atoms with E-state index in [1.807, 2.05) is 24.5 Å². The maximum atomic E-state index is 12.4. The molecule has 1 unspecified atom stereocenters. The van der Waals surface area contributed by atoms with Gasteiger partial charge in [-0.3, -0.25) is 9.59 Å². The summed E-state index contributed by atoms with van der Waals surface area (Å²) < 4.78 is 0. The van der Waals surface area contributed by atoms with Crippen molar-refractivity contribution in [2.75, 3.05) is 12.0 Å². The van der Waals surface area contributed by atoms with Crippen molar-refractivity contribution < 1.29 is 19.5 Å². The van der Waals surface area contributed by atoms with Crippen molar-refractivity contribution in [3.8, 4) is 0 Å². The third-order valence-electron chi connectivity index (χ3n) is 3.86. The van der Waals surface area contributed by atoms with Crippen LogP contribution in [0.15, 0.2) is 54.6 Å². The Labute approximate surface area is 156 Å². The van der Waals surface area contributed by atoms with Crippen molar-refractivity contribution in [2.45, 2.75) is 18.9 Å². The van der Waals surface area contributed by atoms with Crippen molar-refractivity contribution in [3.05, 3.63) is 71.3 Å². The van der Waals surface area contributed by atoms with Crippen molar-refractivity contribution in [3.63, 3.8) is 0 Å². The van der Waals surface area contributed by atoms with Gasteiger partial charge < -0.3 is 10.4 Å². The van der Waals surface area contributed by atoms with Gasteiger partial charge in [-0.1, -0.05) is 54.6 Å². The SMILES string of the molecule is CSCCC(NC(=O)Cc1ccc(C(=O)c2ccccc2)cc1)C(=O)O. The molecule has 0 aliphatic carbocycles. The largest absolute Gasteiger partial charge is 0.480 e.